The summed E-state index contributed by atoms with van der Waals surface area (Å²) in [6.07, 6.45) is 1.21. The molecule has 1 unspecified atom stereocenters. The average Bonchev–Trinajstić information content (AvgIpc) is 2.83. The minimum atomic E-state index is -3.91. The molecule has 1 atom stereocenters. The Bertz CT molecular complexity index is 1200. The molecule has 180 valence electrons. The molecule has 3 aromatic carbocycles. The molecular formula is C28H33NO3SSe. The summed E-state index contributed by atoms with van der Waals surface area (Å²) >= 11 is -0.228. The van der Waals surface area contributed by atoms with Gasteiger partial charge in [-0.1, -0.05) is 0 Å². The van der Waals surface area contributed by atoms with E-state index in [1.165, 1.54) is 0 Å². The van der Waals surface area contributed by atoms with Gasteiger partial charge in [-0.3, -0.25) is 0 Å². The molecule has 0 heterocycles. The molecule has 34 heavy (non-hydrogen) atoms. The Hall–Kier alpha value is -2.37. The second kappa shape index (κ2) is 11.9. The van der Waals surface area contributed by atoms with E-state index in [0.29, 0.717) is 12.0 Å². The zero-order valence-electron chi connectivity index (χ0n) is 20.2. The number of hydrogen-bond acceptors (Lipinski definition) is 4. The number of nitrogens with zero attached hydrogens (tertiary/aromatic N) is 1. The fraction of sp³-hybridized carbons (Fsp3) is 0.286. The molecule has 0 aliphatic carbocycles. The zero-order chi connectivity index (χ0) is 24.7. The number of aryl methyl sites for hydroxylation is 1. The van der Waals surface area contributed by atoms with Crippen molar-refractivity contribution in [2.45, 2.75) is 44.1 Å². The van der Waals surface area contributed by atoms with Crippen molar-refractivity contribution in [1.82, 2.24) is 0 Å². The summed E-state index contributed by atoms with van der Waals surface area (Å²) in [7, 11) is -0.0100. The molecule has 3 aromatic rings. The molecule has 0 aliphatic heterocycles. The first kappa shape index (κ1) is 26.2. The van der Waals surface area contributed by atoms with Gasteiger partial charge >= 0.3 is 211 Å². The van der Waals surface area contributed by atoms with Crippen molar-refractivity contribution < 1.29 is 13.5 Å². The van der Waals surface area contributed by atoms with E-state index < -0.39 is 15.9 Å². The van der Waals surface area contributed by atoms with Crippen LogP contribution >= 0.6 is 0 Å². The van der Waals surface area contributed by atoms with Crippen LogP contribution in [0.5, 0.6) is 0 Å². The van der Waals surface area contributed by atoms with Crippen LogP contribution < -0.4 is 9.36 Å². The second-order valence-electron chi connectivity index (χ2n) is 8.51. The van der Waals surface area contributed by atoms with Gasteiger partial charge in [-0.05, 0) is 0 Å². The first-order valence-electron chi connectivity index (χ1n) is 11.5. The van der Waals surface area contributed by atoms with Crippen LogP contribution in [0, 0.1) is 6.92 Å². The molecule has 4 nitrogen and oxygen atoms in total. The van der Waals surface area contributed by atoms with Crippen LogP contribution in [0.3, 0.4) is 0 Å². The van der Waals surface area contributed by atoms with Crippen molar-refractivity contribution in [3.8, 4) is 0 Å². The first-order chi connectivity index (χ1) is 16.2. The van der Waals surface area contributed by atoms with E-state index in [4.69, 9.17) is 0 Å². The fourth-order valence-corrected chi connectivity index (χ4v) is 8.25. The molecule has 0 bridgehead atoms. The van der Waals surface area contributed by atoms with E-state index in [0.717, 1.165) is 33.0 Å². The van der Waals surface area contributed by atoms with Crippen molar-refractivity contribution in [3.63, 3.8) is 0 Å². The van der Waals surface area contributed by atoms with E-state index >= 15 is 0 Å². The summed E-state index contributed by atoms with van der Waals surface area (Å²) in [4.78, 5) is 2.32. The fourth-order valence-electron chi connectivity index (χ4n) is 3.59. The molecule has 0 fully saturated rings. The Morgan fingerprint density at radius 2 is 1.56 bits per heavy atom. The monoisotopic (exact) mass is 543 g/mol. The number of aliphatic hydroxyl groups excluding tert-OH is 1. The molecule has 0 aromatic heterocycles. The number of unbranched alkanes of at least 4 members (excludes halogenated alkanes) is 1. The summed E-state index contributed by atoms with van der Waals surface area (Å²) < 4.78 is 29.9. The Morgan fingerprint density at radius 1 is 0.941 bits per heavy atom. The maximum atomic E-state index is 14.0. The summed E-state index contributed by atoms with van der Waals surface area (Å²) in [6.45, 7) is 4.02. The number of hydrogen-bond donors (Lipinski definition) is 1. The number of rotatable bonds is 10. The van der Waals surface area contributed by atoms with Crippen molar-refractivity contribution in [3.05, 3.63) is 99.4 Å². The molecule has 1 N–H and O–H groups in total. The normalized spacial score (nSPS) is 13.3. The Kier molecular flexibility index (Phi) is 9.15. The van der Waals surface area contributed by atoms with Crippen molar-refractivity contribution in [2.24, 2.45) is 0 Å². The predicted molar refractivity (Wildman–Crippen MR) is 142 cm³/mol. The second-order valence-corrected chi connectivity index (χ2v) is 12.9. The molecule has 3 rings (SSSR count). The van der Waals surface area contributed by atoms with E-state index in [1.54, 1.807) is 24.3 Å². The summed E-state index contributed by atoms with van der Waals surface area (Å²) in [6, 6.07) is 24.3. The van der Waals surface area contributed by atoms with E-state index in [9.17, 15) is 13.5 Å². The number of sulfone groups is 1. The van der Waals surface area contributed by atoms with Crippen LogP contribution in [0.15, 0.2) is 93.1 Å². The van der Waals surface area contributed by atoms with E-state index in [1.807, 2.05) is 80.5 Å². The number of anilines is 1. The third kappa shape index (κ3) is 6.39. The van der Waals surface area contributed by atoms with Crippen molar-refractivity contribution >= 4 is 34.9 Å². The van der Waals surface area contributed by atoms with Gasteiger partial charge in [0.2, 0.25) is 0 Å². The average molecular weight is 543 g/mol. The van der Waals surface area contributed by atoms with Crippen LogP contribution in [0.4, 0.5) is 5.69 Å². The quantitative estimate of drug-likeness (QED) is 0.367. The molecular weight excluding hydrogens is 509 g/mol. The minimum absolute atomic E-state index is 0.131. The van der Waals surface area contributed by atoms with Crippen molar-refractivity contribution in [1.29, 1.82) is 0 Å². The molecule has 0 radical (unpaired) electrons. The maximum absolute atomic E-state index is 14.0. The molecule has 0 saturated heterocycles. The van der Waals surface area contributed by atoms with Gasteiger partial charge in [0, 0.05) is 0 Å². The topological polar surface area (TPSA) is 57.6 Å². The van der Waals surface area contributed by atoms with Crippen LogP contribution in [0.25, 0.3) is 0 Å². The van der Waals surface area contributed by atoms with Gasteiger partial charge in [-0.2, -0.15) is 0 Å². The van der Waals surface area contributed by atoms with Crippen LogP contribution in [-0.2, 0) is 9.84 Å². The van der Waals surface area contributed by atoms with E-state index in [-0.39, 0.29) is 24.8 Å². The van der Waals surface area contributed by atoms with Crippen molar-refractivity contribution in [2.75, 3.05) is 19.0 Å². The van der Waals surface area contributed by atoms with Gasteiger partial charge in [0.25, 0.3) is 0 Å². The van der Waals surface area contributed by atoms with Crippen LogP contribution in [0.1, 0.15) is 43.4 Å². The molecule has 0 aliphatic rings. The summed E-state index contributed by atoms with van der Waals surface area (Å²) in [5.41, 5.74) is 2.56. The van der Waals surface area contributed by atoms with Gasteiger partial charge in [0.1, 0.15) is 0 Å². The number of allylic oxidation sites excluding steroid dienone is 1. The number of benzene rings is 3. The van der Waals surface area contributed by atoms with Gasteiger partial charge in [0.15, 0.2) is 0 Å². The Labute approximate surface area is 210 Å². The molecule has 0 saturated carbocycles. The van der Waals surface area contributed by atoms with Crippen LogP contribution in [-0.4, -0.2) is 42.6 Å². The van der Waals surface area contributed by atoms with Gasteiger partial charge < -0.3 is 0 Å². The summed E-state index contributed by atoms with van der Waals surface area (Å²) in [5, 5.41) is 11.6. The van der Waals surface area contributed by atoms with Crippen LogP contribution in [0.2, 0.25) is 0 Å². The van der Waals surface area contributed by atoms with Gasteiger partial charge in [0.05, 0.1) is 0 Å². The third-order valence-corrected chi connectivity index (χ3v) is 10.3. The number of aliphatic hydroxyl groups is 1. The predicted octanol–water partition coefficient (Wildman–Crippen LogP) is 5.00. The molecule has 0 amide bonds. The SMILES string of the molecule is CCCC/C([Se]c1ccccc1)=C(\C(O)c1ccc(N(C)C)cc1)S(=O)(=O)c1ccc(C)cc1. The standard InChI is InChI=1S/C28H33NO3SSe/c1-5-6-12-26(34-25-10-8-7-9-11-25)28(33(31,32)24-19-13-21(2)14-20-24)27(30)22-15-17-23(18-16-22)29(3)4/h7-11,13-20,27,30H,5-6,12H2,1-4H3/b28-26-. The van der Waals surface area contributed by atoms with Gasteiger partial charge in [-0.15, -0.1) is 0 Å². The van der Waals surface area contributed by atoms with E-state index in [2.05, 4.69) is 6.92 Å². The summed E-state index contributed by atoms with van der Waals surface area (Å²) in [5.74, 6) is 0. The third-order valence-electron chi connectivity index (χ3n) is 5.61. The Morgan fingerprint density at radius 3 is 2.12 bits per heavy atom. The molecule has 6 heteroatoms. The first-order valence-corrected chi connectivity index (χ1v) is 14.7. The molecule has 0 spiro atoms. The zero-order valence-corrected chi connectivity index (χ0v) is 22.8. The van der Waals surface area contributed by atoms with Gasteiger partial charge in [-0.25, -0.2) is 0 Å². The Balaban J connectivity index is 2.20.